The molecule has 1 heterocycles. The van der Waals surface area contributed by atoms with Gasteiger partial charge in [0.15, 0.2) is 5.78 Å². The summed E-state index contributed by atoms with van der Waals surface area (Å²) in [5.74, 6) is 0.380. The molecule has 0 radical (unpaired) electrons. The Bertz CT molecular complexity index is 1170. The topological polar surface area (TPSA) is 79.5 Å². The molecule has 0 aliphatic heterocycles. The minimum absolute atomic E-state index is 0.0303. The average Bonchev–Trinajstić information content (AvgIpc) is 2.81. The number of methoxy groups -OCH3 is 1. The monoisotopic (exact) mass is 460 g/mol. The van der Waals surface area contributed by atoms with Crippen molar-refractivity contribution in [2.45, 2.75) is 45.1 Å². The van der Waals surface area contributed by atoms with Crippen LogP contribution in [-0.2, 0) is 27.8 Å². The first-order valence-corrected chi connectivity index (χ1v) is 11.3. The predicted octanol–water partition coefficient (Wildman–Crippen LogP) is 4.24. The smallest absolute Gasteiger partial charge is 0.247 e. The zero-order valence-electron chi connectivity index (χ0n) is 20.4. The normalized spacial score (nSPS) is 12.1. The van der Waals surface area contributed by atoms with E-state index < -0.39 is 6.04 Å². The molecule has 1 amide bonds. The highest BCUT2D eigenvalue weighted by molar-refractivity contribution is 5.91. The van der Waals surface area contributed by atoms with Gasteiger partial charge in [-0.15, -0.1) is 0 Å². The minimum atomic E-state index is -0.747. The summed E-state index contributed by atoms with van der Waals surface area (Å²) in [4.78, 5) is 42.0. The van der Waals surface area contributed by atoms with Crippen LogP contribution in [0.4, 0.5) is 0 Å². The van der Waals surface area contributed by atoms with Gasteiger partial charge in [-0.1, -0.05) is 63.2 Å². The number of rotatable bonds is 8. The first-order chi connectivity index (χ1) is 16.1. The molecular formula is C28H32N2O4. The molecule has 0 aliphatic rings. The number of nitrogens with one attached hydrogen (secondary N) is 1. The molecule has 6 heteroatoms. The highest BCUT2D eigenvalue weighted by Gasteiger charge is 2.28. The number of Topliss-reactive ketones (excluding diaryl/α,β-unsaturated/α-hetero) is 1. The third-order valence-corrected chi connectivity index (χ3v) is 5.92. The molecule has 3 rings (SSSR count). The van der Waals surface area contributed by atoms with Crippen LogP contribution in [0.3, 0.4) is 0 Å². The second kappa shape index (κ2) is 10.5. The van der Waals surface area contributed by atoms with Gasteiger partial charge in [-0.25, -0.2) is 0 Å². The summed E-state index contributed by atoms with van der Waals surface area (Å²) >= 11 is 0. The van der Waals surface area contributed by atoms with Crippen LogP contribution in [0.2, 0.25) is 0 Å². The number of likely N-dealkylation sites (N-methyl/N-ethyl adjacent to an activating group) is 1. The lowest BCUT2D eigenvalue weighted by Crippen LogP contribution is -2.37. The number of nitrogens with zero attached hydrogens (tertiary/aromatic N) is 1. The lowest BCUT2D eigenvalue weighted by Gasteiger charge is -2.28. The molecule has 1 unspecified atom stereocenters. The number of ketones is 1. The molecule has 1 atom stereocenters. The molecule has 0 bridgehead atoms. The molecule has 6 nitrogen and oxygen atoms in total. The number of carbonyl (C=O) groups is 2. The summed E-state index contributed by atoms with van der Waals surface area (Å²) < 4.78 is 5.25. The molecular weight excluding hydrogens is 428 g/mol. The third kappa shape index (κ3) is 6.22. The summed E-state index contributed by atoms with van der Waals surface area (Å²) in [5.41, 5.74) is 3.29. The van der Waals surface area contributed by atoms with Gasteiger partial charge in [0.1, 0.15) is 11.8 Å². The minimum Gasteiger partial charge on any atom is -0.497 e. The van der Waals surface area contributed by atoms with Gasteiger partial charge in [0.05, 0.1) is 13.5 Å². The molecule has 1 aromatic heterocycles. The standard InChI is InChI=1S/C28H32N2O4/c1-28(2,3)22-11-6-19(7-12-22)16-24(31)27(21-9-13-23(34-5)14-10-21)30(4)26(33)17-20-8-15-25(32)29-18-20/h6-15,18,27H,16-17H2,1-5H3,(H,29,32). The van der Waals surface area contributed by atoms with Crippen molar-refractivity contribution in [3.8, 4) is 5.75 Å². The van der Waals surface area contributed by atoms with Gasteiger partial charge in [-0.05, 0) is 39.8 Å². The Hall–Kier alpha value is -3.67. The summed E-state index contributed by atoms with van der Waals surface area (Å²) in [7, 11) is 3.22. The number of hydrogen-bond acceptors (Lipinski definition) is 4. The van der Waals surface area contributed by atoms with E-state index in [0.717, 1.165) is 11.1 Å². The number of hydrogen-bond donors (Lipinski definition) is 1. The van der Waals surface area contributed by atoms with Crippen LogP contribution < -0.4 is 10.3 Å². The Kier molecular flexibility index (Phi) is 7.72. The molecule has 34 heavy (non-hydrogen) atoms. The largest absolute Gasteiger partial charge is 0.497 e. The molecule has 0 fully saturated rings. The lowest BCUT2D eigenvalue weighted by molar-refractivity contribution is -0.137. The molecule has 0 aliphatic carbocycles. The number of carbonyl (C=O) groups excluding carboxylic acids is 2. The number of ether oxygens (including phenoxy) is 1. The maximum absolute atomic E-state index is 13.5. The van der Waals surface area contributed by atoms with Crippen molar-refractivity contribution < 1.29 is 14.3 Å². The second-order valence-corrected chi connectivity index (χ2v) is 9.51. The van der Waals surface area contributed by atoms with E-state index >= 15 is 0 Å². The van der Waals surface area contributed by atoms with Crippen molar-refractivity contribution in [1.82, 2.24) is 9.88 Å². The molecule has 0 saturated carbocycles. The first kappa shape index (κ1) is 25.0. The van der Waals surface area contributed by atoms with Crippen molar-refractivity contribution in [3.05, 3.63) is 99.5 Å². The Morgan fingerprint density at radius 1 is 0.912 bits per heavy atom. The number of H-pyrrole nitrogens is 1. The molecule has 1 N–H and O–H groups in total. The number of benzene rings is 2. The summed E-state index contributed by atoms with van der Waals surface area (Å²) in [6.07, 6.45) is 1.81. The van der Waals surface area contributed by atoms with Crippen molar-refractivity contribution >= 4 is 11.7 Å². The van der Waals surface area contributed by atoms with E-state index in [1.807, 2.05) is 24.3 Å². The van der Waals surface area contributed by atoms with Gasteiger partial charge >= 0.3 is 0 Å². The first-order valence-electron chi connectivity index (χ1n) is 11.3. The van der Waals surface area contributed by atoms with E-state index in [-0.39, 0.29) is 35.5 Å². The summed E-state index contributed by atoms with van der Waals surface area (Å²) in [6, 6.07) is 17.5. The van der Waals surface area contributed by atoms with Gasteiger partial charge in [0, 0.05) is 25.7 Å². The van der Waals surface area contributed by atoms with E-state index in [0.29, 0.717) is 11.3 Å². The number of pyridine rings is 1. The molecule has 0 spiro atoms. The van der Waals surface area contributed by atoms with Gasteiger partial charge in [-0.2, -0.15) is 0 Å². The Labute approximate surface area is 200 Å². The highest BCUT2D eigenvalue weighted by atomic mass is 16.5. The Morgan fingerprint density at radius 3 is 2.06 bits per heavy atom. The van der Waals surface area contributed by atoms with Crippen LogP contribution in [0.1, 0.15) is 49.1 Å². The maximum Gasteiger partial charge on any atom is 0.247 e. The molecule has 0 saturated heterocycles. The van der Waals surface area contributed by atoms with Gasteiger partial charge in [-0.3, -0.25) is 14.4 Å². The molecule has 3 aromatic rings. The van der Waals surface area contributed by atoms with E-state index in [2.05, 4.69) is 37.9 Å². The van der Waals surface area contributed by atoms with Crippen LogP contribution in [0.5, 0.6) is 5.75 Å². The average molecular weight is 461 g/mol. The predicted molar refractivity (Wildman–Crippen MR) is 133 cm³/mol. The number of amides is 1. The zero-order valence-corrected chi connectivity index (χ0v) is 20.4. The van der Waals surface area contributed by atoms with Crippen LogP contribution >= 0.6 is 0 Å². The fourth-order valence-electron chi connectivity index (χ4n) is 3.83. The molecule has 178 valence electrons. The summed E-state index contributed by atoms with van der Waals surface area (Å²) in [6.45, 7) is 6.45. The fraction of sp³-hybridized carbons (Fsp3) is 0.321. The lowest BCUT2D eigenvalue weighted by atomic mass is 9.86. The van der Waals surface area contributed by atoms with Crippen LogP contribution in [-0.4, -0.2) is 35.7 Å². The zero-order chi connectivity index (χ0) is 24.9. The Morgan fingerprint density at radius 2 is 1.53 bits per heavy atom. The van der Waals surface area contributed by atoms with E-state index in [1.165, 1.54) is 22.7 Å². The summed E-state index contributed by atoms with van der Waals surface area (Å²) in [5, 5.41) is 0. The van der Waals surface area contributed by atoms with E-state index in [4.69, 9.17) is 4.74 Å². The third-order valence-electron chi connectivity index (χ3n) is 5.92. The number of aromatic nitrogens is 1. The maximum atomic E-state index is 13.5. The number of aromatic amines is 1. The second-order valence-electron chi connectivity index (χ2n) is 9.51. The van der Waals surface area contributed by atoms with Gasteiger partial charge in [0.2, 0.25) is 11.5 Å². The van der Waals surface area contributed by atoms with Crippen molar-refractivity contribution in [1.29, 1.82) is 0 Å². The van der Waals surface area contributed by atoms with Gasteiger partial charge in [0.25, 0.3) is 0 Å². The SMILES string of the molecule is COc1ccc(C(C(=O)Cc2ccc(C(C)(C)C)cc2)N(C)C(=O)Cc2ccc(=O)[nH]c2)cc1. The van der Waals surface area contributed by atoms with Crippen molar-refractivity contribution in [2.75, 3.05) is 14.2 Å². The quantitative estimate of drug-likeness (QED) is 0.545. The Balaban J connectivity index is 1.86. The van der Waals surface area contributed by atoms with Crippen LogP contribution in [0.25, 0.3) is 0 Å². The van der Waals surface area contributed by atoms with Crippen LogP contribution in [0, 0.1) is 0 Å². The van der Waals surface area contributed by atoms with E-state index in [1.54, 1.807) is 32.4 Å². The molecule has 2 aromatic carbocycles. The van der Waals surface area contributed by atoms with Crippen molar-refractivity contribution in [3.63, 3.8) is 0 Å². The van der Waals surface area contributed by atoms with Crippen molar-refractivity contribution in [2.24, 2.45) is 0 Å². The van der Waals surface area contributed by atoms with Crippen LogP contribution in [0.15, 0.2) is 71.7 Å². The van der Waals surface area contributed by atoms with Gasteiger partial charge < -0.3 is 14.6 Å². The fourth-order valence-corrected chi connectivity index (χ4v) is 3.83. The highest BCUT2D eigenvalue weighted by Crippen LogP contribution is 2.27. The van der Waals surface area contributed by atoms with E-state index in [9.17, 15) is 14.4 Å².